The standard InChI is InChI=1S/C40H32O12/c41-35(26-15-5-1-6-16-26)47-25-31-32(49-36(42)27-17-7-2-8-18-27)33(50-37(43)28-19-9-3-10-20-28)34(51-38(44)29-21-11-4-12-22-29)40(48-31)52-39(45)30-23-13-14-24-46-30/h1-24,30-34,40H,25H2/t30?,31-,32-,33+,34+,40?/m1/s1. The summed E-state index contributed by atoms with van der Waals surface area (Å²) < 4.78 is 40.7. The molecule has 0 amide bonds. The van der Waals surface area contributed by atoms with Crippen LogP contribution in [0.3, 0.4) is 0 Å². The second-order valence-electron chi connectivity index (χ2n) is 11.4. The van der Waals surface area contributed by atoms with E-state index in [2.05, 4.69) is 0 Å². The molecule has 0 N–H and O–H groups in total. The maximum Gasteiger partial charge on any atom is 0.353 e. The van der Waals surface area contributed by atoms with Gasteiger partial charge in [-0.05, 0) is 60.7 Å². The Morgan fingerprint density at radius 2 is 0.942 bits per heavy atom. The van der Waals surface area contributed by atoms with Gasteiger partial charge in [-0.25, -0.2) is 24.0 Å². The van der Waals surface area contributed by atoms with Gasteiger partial charge in [0.2, 0.25) is 18.5 Å². The van der Waals surface area contributed by atoms with Crippen molar-refractivity contribution in [3.05, 3.63) is 168 Å². The lowest BCUT2D eigenvalue weighted by atomic mass is 9.97. The SMILES string of the molecule is O=C(OC[C@H]1OC(OC(=O)C2C=CC=CO2)[C@@H](OC(=O)c2ccccc2)[C@@H](OC(=O)c2ccccc2)[C@@H]1OC(=O)c1ccccc1)c1ccccc1. The molecule has 1 fully saturated rings. The summed E-state index contributed by atoms with van der Waals surface area (Å²) in [5.41, 5.74) is 0.580. The summed E-state index contributed by atoms with van der Waals surface area (Å²) in [5, 5.41) is 0. The van der Waals surface area contributed by atoms with E-state index in [9.17, 15) is 24.0 Å². The van der Waals surface area contributed by atoms with E-state index in [4.69, 9.17) is 33.2 Å². The van der Waals surface area contributed by atoms with Crippen molar-refractivity contribution in [2.45, 2.75) is 36.8 Å². The average Bonchev–Trinajstić information content (AvgIpc) is 3.20. The lowest BCUT2D eigenvalue weighted by Crippen LogP contribution is -2.63. The van der Waals surface area contributed by atoms with Gasteiger partial charge in [0.15, 0.2) is 12.2 Å². The number of ether oxygens (including phenoxy) is 7. The van der Waals surface area contributed by atoms with Crippen LogP contribution in [-0.2, 0) is 38.0 Å². The van der Waals surface area contributed by atoms with Crippen molar-refractivity contribution in [2.75, 3.05) is 6.61 Å². The second-order valence-corrected chi connectivity index (χ2v) is 11.4. The summed E-state index contributed by atoms with van der Waals surface area (Å²) >= 11 is 0. The zero-order valence-corrected chi connectivity index (χ0v) is 27.4. The van der Waals surface area contributed by atoms with Gasteiger partial charge in [0.05, 0.1) is 28.5 Å². The Labute approximate surface area is 298 Å². The Morgan fingerprint density at radius 3 is 1.40 bits per heavy atom. The molecule has 0 saturated carbocycles. The van der Waals surface area contributed by atoms with Gasteiger partial charge >= 0.3 is 29.8 Å². The van der Waals surface area contributed by atoms with Crippen LogP contribution in [0.5, 0.6) is 0 Å². The zero-order valence-electron chi connectivity index (χ0n) is 27.4. The number of esters is 5. The van der Waals surface area contributed by atoms with Gasteiger partial charge < -0.3 is 33.2 Å². The van der Waals surface area contributed by atoms with Crippen molar-refractivity contribution in [3.8, 4) is 0 Å². The number of carbonyl (C=O) groups is 5. The molecule has 0 aliphatic carbocycles. The third-order valence-corrected chi connectivity index (χ3v) is 7.90. The molecule has 2 aliphatic rings. The molecule has 0 radical (unpaired) electrons. The molecule has 0 bridgehead atoms. The van der Waals surface area contributed by atoms with Crippen molar-refractivity contribution in [1.82, 2.24) is 0 Å². The van der Waals surface area contributed by atoms with Crippen molar-refractivity contribution in [2.24, 2.45) is 0 Å². The van der Waals surface area contributed by atoms with E-state index < -0.39 is 73.3 Å². The Kier molecular flexibility index (Phi) is 11.5. The third-order valence-electron chi connectivity index (χ3n) is 7.90. The Morgan fingerprint density at radius 1 is 0.500 bits per heavy atom. The third kappa shape index (κ3) is 8.79. The molecular formula is C40H32O12. The minimum Gasteiger partial charge on any atom is -0.482 e. The van der Waals surface area contributed by atoms with E-state index in [-0.39, 0.29) is 22.3 Å². The highest BCUT2D eigenvalue weighted by Crippen LogP contribution is 2.32. The van der Waals surface area contributed by atoms with Crippen LogP contribution in [0.1, 0.15) is 41.4 Å². The van der Waals surface area contributed by atoms with Crippen LogP contribution in [0.15, 0.2) is 146 Å². The first kappa shape index (κ1) is 35.3. The van der Waals surface area contributed by atoms with E-state index in [0.717, 1.165) is 0 Å². The lowest BCUT2D eigenvalue weighted by molar-refractivity contribution is -0.291. The number of hydrogen-bond donors (Lipinski definition) is 0. The second kappa shape index (κ2) is 16.9. The predicted molar refractivity (Wildman–Crippen MR) is 182 cm³/mol. The minimum atomic E-state index is -1.79. The monoisotopic (exact) mass is 704 g/mol. The smallest absolute Gasteiger partial charge is 0.353 e. The summed E-state index contributed by atoms with van der Waals surface area (Å²) in [6.45, 7) is -0.574. The molecule has 12 heteroatoms. The van der Waals surface area contributed by atoms with E-state index in [1.807, 2.05) is 0 Å². The molecule has 4 aromatic carbocycles. The minimum absolute atomic E-state index is 0.112. The Balaban J connectivity index is 1.40. The fraction of sp³-hybridized carbons (Fsp3) is 0.175. The molecule has 264 valence electrons. The first-order valence-electron chi connectivity index (χ1n) is 16.2. The van der Waals surface area contributed by atoms with Gasteiger partial charge in [0.25, 0.3) is 0 Å². The normalized spacial score (nSPS) is 21.8. The molecule has 12 nitrogen and oxygen atoms in total. The van der Waals surface area contributed by atoms with Crippen LogP contribution >= 0.6 is 0 Å². The first-order chi connectivity index (χ1) is 25.4. The molecule has 4 aromatic rings. The van der Waals surface area contributed by atoms with Crippen LogP contribution in [0, 0.1) is 0 Å². The summed E-state index contributed by atoms with van der Waals surface area (Å²) in [5.74, 6) is -4.32. The summed E-state index contributed by atoms with van der Waals surface area (Å²) in [6, 6.07) is 31.9. The van der Waals surface area contributed by atoms with Crippen LogP contribution in [0.4, 0.5) is 0 Å². The quantitative estimate of drug-likeness (QED) is 0.148. The van der Waals surface area contributed by atoms with Crippen molar-refractivity contribution < 1.29 is 57.1 Å². The highest BCUT2D eigenvalue weighted by Gasteiger charge is 2.55. The maximum atomic E-state index is 13.7. The molecule has 0 spiro atoms. The van der Waals surface area contributed by atoms with Gasteiger partial charge in [0.1, 0.15) is 12.7 Å². The fourth-order valence-electron chi connectivity index (χ4n) is 5.32. The lowest BCUT2D eigenvalue weighted by Gasteiger charge is -2.44. The van der Waals surface area contributed by atoms with E-state index in [1.165, 1.54) is 60.9 Å². The molecule has 2 unspecified atom stereocenters. The van der Waals surface area contributed by atoms with E-state index in [0.29, 0.717) is 0 Å². The van der Waals surface area contributed by atoms with Crippen molar-refractivity contribution >= 4 is 29.8 Å². The molecule has 6 atom stereocenters. The summed E-state index contributed by atoms with van der Waals surface area (Å²) in [4.78, 5) is 67.3. The van der Waals surface area contributed by atoms with Crippen LogP contribution in [-0.4, -0.2) is 73.3 Å². The Hall–Kier alpha value is -6.53. The van der Waals surface area contributed by atoms with Gasteiger partial charge in [-0.3, -0.25) is 0 Å². The van der Waals surface area contributed by atoms with E-state index >= 15 is 0 Å². The van der Waals surface area contributed by atoms with Crippen LogP contribution < -0.4 is 0 Å². The molecular weight excluding hydrogens is 672 g/mol. The van der Waals surface area contributed by atoms with Gasteiger partial charge in [0, 0.05) is 0 Å². The molecule has 2 heterocycles. The van der Waals surface area contributed by atoms with Gasteiger partial charge in [-0.15, -0.1) is 0 Å². The number of hydrogen-bond acceptors (Lipinski definition) is 12. The van der Waals surface area contributed by atoms with Crippen molar-refractivity contribution in [3.63, 3.8) is 0 Å². The maximum absolute atomic E-state index is 13.7. The fourth-order valence-corrected chi connectivity index (χ4v) is 5.32. The van der Waals surface area contributed by atoms with Gasteiger partial charge in [-0.2, -0.15) is 0 Å². The molecule has 6 rings (SSSR count). The topological polar surface area (TPSA) is 150 Å². The molecule has 1 saturated heterocycles. The number of rotatable bonds is 11. The summed E-state index contributed by atoms with van der Waals surface area (Å²) in [7, 11) is 0. The number of carbonyl (C=O) groups excluding carboxylic acids is 5. The predicted octanol–water partition coefficient (Wildman–Crippen LogP) is 5.26. The van der Waals surface area contributed by atoms with Crippen LogP contribution in [0.25, 0.3) is 0 Å². The van der Waals surface area contributed by atoms with Gasteiger partial charge in [-0.1, -0.05) is 78.9 Å². The summed E-state index contributed by atoms with van der Waals surface area (Å²) in [6.07, 6.45) is -3.56. The Bertz CT molecular complexity index is 1910. The molecule has 2 aliphatic heterocycles. The number of allylic oxidation sites excluding steroid dienone is 2. The molecule has 0 aromatic heterocycles. The highest BCUT2D eigenvalue weighted by atomic mass is 16.8. The average molecular weight is 705 g/mol. The van der Waals surface area contributed by atoms with Crippen molar-refractivity contribution in [1.29, 1.82) is 0 Å². The van der Waals surface area contributed by atoms with E-state index in [1.54, 1.807) is 84.9 Å². The number of benzene rings is 4. The first-order valence-corrected chi connectivity index (χ1v) is 16.2. The largest absolute Gasteiger partial charge is 0.482 e. The van der Waals surface area contributed by atoms with Crippen LogP contribution in [0.2, 0.25) is 0 Å². The zero-order chi connectivity index (χ0) is 36.3. The highest BCUT2D eigenvalue weighted by molar-refractivity contribution is 5.91. The molecule has 52 heavy (non-hydrogen) atoms.